The van der Waals surface area contributed by atoms with Gasteiger partial charge in [-0.1, -0.05) is 29.3 Å². The third-order valence-corrected chi connectivity index (χ3v) is 3.82. The van der Waals surface area contributed by atoms with E-state index in [1.807, 2.05) is 0 Å². The van der Waals surface area contributed by atoms with Crippen LogP contribution >= 0.6 is 23.2 Å². The summed E-state index contributed by atoms with van der Waals surface area (Å²) in [6, 6.07) is 8.99. The zero-order valence-corrected chi connectivity index (χ0v) is 15.1. The van der Waals surface area contributed by atoms with Gasteiger partial charge in [0.15, 0.2) is 6.61 Å². The van der Waals surface area contributed by atoms with Crippen molar-refractivity contribution in [3.8, 4) is 0 Å². The number of rotatable bonds is 5. The van der Waals surface area contributed by atoms with Gasteiger partial charge < -0.3 is 21.1 Å². The van der Waals surface area contributed by atoms with Gasteiger partial charge in [-0.05, 0) is 30.3 Å². The summed E-state index contributed by atoms with van der Waals surface area (Å²) in [6.07, 6.45) is 0. The van der Waals surface area contributed by atoms with Gasteiger partial charge in [0.2, 0.25) is 0 Å². The van der Waals surface area contributed by atoms with Crippen molar-refractivity contribution in [2.75, 3.05) is 24.7 Å². The normalized spacial score (nSPS) is 10.1. The summed E-state index contributed by atoms with van der Waals surface area (Å²) in [5.41, 5.74) is 6.46. The van der Waals surface area contributed by atoms with Crippen molar-refractivity contribution in [2.45, 2.75) is 0 Å². The number of ether oxygens (including phenoxy) is 1. The summed E-state index contributed by atoms with van der Waals surface area (Å²) in [5, 5.41) is 5.33. The maximum Gasteiger partial charge on any atom is 0.340 e. The Hall–Kier alpha value is -2.77. The summed E-state index contributed by atoms with van der Waals surface area (Å²) in [4.78, 5) is 35.6. The first-order chi connectivity index (χ1) is 12.3. The van der Waals surface area contributed by atoms with Gasteiger partial charge >= 0.3 is 5.97 Å². The molecule has 0 fully saturated rings. The van der Waals surface area contributed by atoms with Crippen LogP contribution in [0.15, 0.2) is 36.4 Å². The second-order valence-electron chi connectivity index (χ2n) is 5.13. The van der Waals surface area contributed by atoms with E-state index < -0.39 is 18.5 Å². The number of nitrogen functional groups attached to an aromatic ring is 1. The fourth-order valence-electron chi connectivity index (χ4n) is 2.04. The molecule has 0 atom stereocenters. The number of carbonyl (C=O) groups is 3. The molecule has 0 unspecified atom stereocenters. The summed E-state index contributed by atoms with van der Waals surface area (Å²) in [6.45, 7) is -0.549. The zero-order chi connectivity index (χ0) is 19.3. The van der Waals surface area contributed by atoms with Crippen LogP contribution in [0.2, 0.25) is 10.0 Å². The maximum atomic E-state index is 12.1. The number of amides is 2. The molecule has 26 heavy (non-hydrogen) atoms. The Labute approximate surface area is 159 Å². The third kappa shape index (κ3) is 4.87. The number of nitrogens with one attached hydrogen (secondary N) is 2. The van der Waals surface area contributed by atoms with Crippen molar-refractivity contribution in [1.29, 1.82) is 0 Å². The minimum Gasteiger partial charge on any atom is -0.452 e. The second kappa shape index (κ2) is 8.55. The lowest BCUT2D eigenvalue weighted by atomic mass is 10.2. The highest BCUT2D eigenvalue weighted by Gasteiger charge is 2.16. The van der Waals surface area contributed by atoms with Crippen LogP contribution in [0.3, 0.4) is 0 Å². The Balaban J connectivity index is 1.99. The average Bonchev–Trinajstić information content (AvgIpc) is 2.62. The lowest BCUT2D eigenvalue weighted by Crippen LogP contribution is -2.22. The summed E-state index contributed by atoms with van der Waals surface area (Å²) < 4.78 is 4.92. The summed E-state index contributed by atoms with van der Waals surface area (Å²) in [5.74, 6) is -1.71. The highest BCUT2D eigenvalue weighted by atomic mass is 35.5. The molecule has 2 amide bonds. The minimum atomic E-state index is -0.832. The van der Waals surface area contributed by atoms with E-state index in [0.29, 0.717) is 11.3 Å². The van der Waals surface area contributed by atoms with Gasteiger partial charge in [0.1, 0.15) is 0 Å². The van der Waals surface area contributed by atoms with Crippen molar-refractivity contribution in [3.05, 3.63) is 57.6 Å². The van der Waals surface area contributed by atoms with E-state index in [1.54, 1.807) is 18.2 Å². The Morgan fingerprint density at radius 2 is 1.88 bits per heavy atom. The molecule has 7 nitrogen and oxygen atoms in total. The Morgan fingerprint density at radius 3 is 2.58 bits per heavy atom. The summed E-state index contributed by atoms with van der Waals surface area (Å²) >= 11 is 11.7. The molecule has 0 aliphatic rings. The van der Waals surface area contributed by atoms with Gasteiger partial charge in [-0.15, -0.1) is 0 Å². The van der Waals surface area contributed by atoms with Crippen LogP contribution in [-0.4, -0.2) is 31.4 Å². The van der Waals surface area contributed by atoms with Crippen LogP contribution in [0.5, 0.6) is 0 Å². The Kier molecular flexibility index (Phi) is 6.43. The van der Waals surface area contributed by atoms with E-state index in [1.165, 1.54) is 25.2 Å². The standard InChI is InChI=1S/C17H15Cl2N3O4/c1-21-16(24)9-3-2-4-11(5-9)22-14(23)8-26-17(25)12-6-10(18)7-13(19)15(12)20/h2-7H,8,20H2,1H3,(H,21,24)(H,22,23). The van der Waals surface area contributed by atoms with Gasteiger partial charge in [0, 0.05) is 23.3 Å². The average molecular weight is 396 g/mol. The molecule has 0 bridgehead atoms. The van der Waals surface area contributed by atoms with E-state index >= 15 is 0 Å². The van der Waals surface area contributed by atoms with Crippen molar-refractivity contribution in [3.63, 3.8) is 0 Å². The molecule has 2 aromatic carbocycles. The molecule has 2 rings (SSSR count). The van der Waals surface area contributed by atoms with E-state index in [9.17, 15) is 14.4 Å². The topological polar surface area (TPSA) is 111 Å². The van der Waals surface area contributed by atoms with Gasteiger partial charge in [-0.25, -0.2) is 4.79 Å². The molecule has 0 aliphatic heterocycles. The quantitative estimate of drug-likeness (QED) is 0.532. The van der Waals surface area contributed by atoms with Crippen molar-refractivity contribution in [1.82, 2.24) is 5.32 Å². The fourth-order valence-corrected chi connectivity index (χ4v) is 2.54. The highest BCUT2D eigenvalue weighted by Crippen LogP contribution is 2.28. The molecule has 0 aliphatic carbocycles. The van der Waals surface area contributed by atoms with Gasteiger partial charge in [0.05, 0.1) is 16.3 Å². The van der Waals surface area contributed by atoms with Crippen LogP contribution in [0, 0.1) is 0 Å². The van der Waals surface area contributed by atoms with Crippen LogP contribution in [0.25, 0.3) is 0 Å². The molecule has 9 heteroatoms. The number of carbonyl (C=O) groups excluding carboxylic acids is 3. The van der Waals surface area contributed by atoms with E-state index in [4.69, 9.17) is 33.7 Å². The number of anilines is 2. The first kappa shape index (κ1) is 19.6. The minimum absolute atomic E-state index is 0.0137. The highest BCUT2D eigenvalue weighted by molar-refractivity contribution is 6.37. The van der Waals surface area contributed by atoms with E-state index in [0.717, 1.165) is 0 Å². The Morgan fingerprint density at radius 1 is 1.15 bits per heavy atom. The van der Waals surface area contributed by atoms with E-state index in [-0.39, 0.29) is 27.2 Å². The molecule has 2 aromatic rings. The van der Waals surface area contributed by atoms with Crippen LogP contribution < -0.4 is 16.4 Å². The predicted octanol–water partition coefficient (Wildman–Crippen LogP) is 2.73. The molecule has 0 aromatic heterocycles. The molecule has 0 heterocycles. The number of halogens is 2. The van der Waals surface area contributed by atoms with Crippen LogP contribution in [0.1, 0.15) is 20.7 Å². The number of benzene rings is 2. The van der Waals surface area contributed by atoms with Gasteiger partial charge in [-0.2, -0.15) is 0 Å². The fraction of sp³-hybridized carbons (Fsp3) is 0.118. The van der Waals surface area contributed by atoms with Gasteiger partial charge in [0.25, 0.3) is 11.8 Å². The molecular weight excluding hydrogens is 381 g/mol. The van der Waals surface area contributed by atoms with Crippen molar-refractivity contribution >= 4 is 52.4 Å². The molecule has 0 saturated carbocycles. The predicted molar refractivity (Wildman–Crippen MR) is 99.6 cm³/mol. The molecule has 0 spiro atoms. The second-order valence-corrected chi connectivity index (χ2v) is 5.98. The first-order valence-corrected chi connectivity index (χ1v) is 8.11. The van der Waals surface area contributed by atoms with E-state index in [2.05, 4.69) is 10.6 Å². The smallest absolute Gasteiger partial charge is 0.340 e. The molecule has 0 saturated heterocycles. The Bertz CT molecular complexity index is 871. The monoisotopic (exact) mass is 395 g/mol. The first-order valence-electron chi connectivity index (χ1n) is 7.35. The number of hydrogen-bond acceptors (Lipinski definition) is 5. The lowest BCUT2D eigenvalue weighted by Gasteiger charge is -2.10. The number of esters is 1. The van der Waals surface area contributed by atoms with Crippen LogP contribution in [-0.2, 0) is 9.53 Å². The molecule has 136 valence electrons. The zero-order valence-electron chi connectivity index (χ0n) is 13.6. The number of hydrogen-bond donors (Lipinski definition) is 3. The number of nitrogens with two attached hydrogens (primary N) is 1. The van der Waals surface area contributed by atoms with Crippen molar-refractivity contribution in [2.24, 2.45) is 0 Å². The summed E-state index contributed by atoms with van der Waals surface area (Å²) in [7, 11) is 1.50. The molecule has 0 radical (unpaired) electrons. The maximum absolute atomic E-state index is 12.1. The largest absolute Gasteiger partial charge is 0.452 e. The lowest BCUT2D eigenvalue weighted by molar-refractivity contribution is -0.119. The van der Waals surface area contributed by atoms with Crippen LogP contribution in [0.4, 0.5) is 11.4 Å². The third-order valence-electron chi connectivity index (χ3n) is 3.28. The molecular formula is C17H15Cl2N3O4. The molecule has 4 N–H and O–H groups in total. The van der Waals surface area contributed by atoms with Crippen molar-refractivity contribution < 1.29 is 19.1 Å². The SMILES string of the molecule is CNC(=O)c1cccc(NC(=O)COC(=O)c2cc(Cl)cc(Cl)c2N)c1. The van der Waals surface area contributed by atoms with Gasteiger partial charge in [-0.3, -0.25) is 9.59 Å².